The van der Waals surface area contributed by atoms with Gasteiger partial charge in [0.2, 0.25) is 23.6 Å². The lowest BCUT2D eigenvalue weighted by Gasteiger charge is -2.24. The quantitative estimate of drug-likeness (QED) is 0.187. The Kier molecular flexibility index (Phi) is 10.1. The topological polar surface area (TPSA) is 214 Å². The van der Waals surface area contributed by atoms with Crippen molar-refractivity contribution >= 4 is 29.6 Å². The molecule has 4 amide bonds. The molecule has 1 rings (SSSR count). The summed E-state index contributed by atoms with van der Waals surface area (Å²) in [4.78, 5) is 59.0. The highest BCUT2D eigenvalue weighted by molar-refractivity contribution is 5.93. The van der Waals surface area contributed by atoms with Crippen LogP contribution in [0.4, 0.5) is 0 Å². The fourth-order valence-electron chi connectivity index (χ4n) is 2.70. The lowest BCUT2D eigenvalue weighted by atomic mass is 10.0. The van der Waals surface area contributed by atoms with E-state index in [4.69, 9.17) is 16.6 Å². The molecule has 0 spiro atoms. The summed E-state index contributed by atoms with van der Waals surface area (Å²) in [6, 6.07) is 2.57. The summed E-state index contributed by atoms with van der Waals surface area (Å²) in [5.41, 5.74) is 11.5. The molecule has 0 aliphatic carbocycles. The van der Waals surface area contributed by atoms with Crippen LogP contribution in [0.15, 0.2) is 24.3 Å². The molecule has 32 heavy (non-hydrogen) atoms. The van der Waals surface area contributed by atoms with Crippen molar-refractivity contribution in [3.05, 3.63) is 29.8 Å². The summed E-state index contributed by atoms with van der Waals surface area (Å²) in [6.07, 6.45) is -0.421. The van der Waals surface area contributed by atoms with Gasteiger partial charge in [0.1, 0.15) is 17.8 Å². The van der Waals surface area contributed by atoms with Gasteiger partial charge in [-0.05, 0) is 30.0 Å². The molecule has 0 aromatic heterocycles. The predicted molar refractivity (Wildman–Crippen MR) is 113 cm³/mol. The van der Waals surface area contributed by atoms with E-state index in [0.717, 1.165) is 5.56 Å². The number of phenolic OH excluding ortho intramolecular Hbond substituents is 1. The standard InChI is InChI=1S/C20H29N5O7/c1-10(2)17(19(30)24-14(20(31)32)8-15(22)27)25-16(28)9-23-18(29)13(21)7-11-3-5-12(26)6-4-11/h3-6,10,13-14,17,26H,7-9,21H2,1-2H3,(H2,22,27)(H,23,29)(H,24,30)(H,25,28)(H,31,32). The molecule has 0 bridgehead atoms. The van der Waals surface area contributed by atoms with Crippen LogP contribution < -0.4 is 27.4 Å². The number of primary amides is 1. The molecule has 0 heterocycles. The first-order valence-electron chi connectivity index (χ1n) is 9.82. The minimum atomic E-state index is -1.53. The second-order valence-electron chi connectivity index (χ2n) is 7.55. The number of rotatable bonds is 12. The van der Waals surface area contributed by atoms with Gasteiger partial charge in [0, 0.05) is 0 Å². The SMILES string of the molecule is CC(C)C(NC(=O)CNC(=O)C(N)Cc1ccc(O)cc1)C(=O)NC(CC(N)=O)C(=O)O. The second kappa shape index (κ2) is 12.2. The summed E-state index contributed by atoms with van der Waals surface area (Å²) >= 11 is 0. The Balaban J connectivity index is 2.61. The van der Waals surface area contributed by atoms with E-state index in [9.17, 15) is 29.1 Å². The number of nitrogens with two attached hydrogens (primary N) is 2. The molecule has 0 saturated heterocycles. The normalized spacial score (nSPS) is 13.5. The van der Waals surface area contributed by atoms with Crippen molar-refractivity contribution in [2.45, 2.75) is 44.8 Å². The number of amides is 4. The average molecular weight is 451 g/mol. The number of carbonyl (C=O) groups excluding carboxylic acids is 4. The minimum absolute atomic E-state index is 0.0801. The number of carbonyl (C=O) groups is 5. The number of hydrogen-bond donors (Lipinski definition) is 7. The van der Waals surface area contributed by atoms with Crippen LogP contribution in [0.5, 0.6) is 5.75 Å². The summed E-state index contributed by atoms with van der Waals surface area (Å²) in [5, 5.41) is 25.3. The highest BCUT2D eigenvalue weighted by Crippen LogP contribution is 2.11. The third-order valence-corrected chi connectivity index (χ3v) is 4.44. The third-order valence-electron chi connectivity index (χ3n) is 4.44. The zero-order valence-electron chi connectivity index (χ0n) is 17.8. The fraction of sp³-hybridized carbons (Fsp3) is 0.450. The smallest absolute Gasteiger partial charge is 0.326 e. The number of carboxylic acids is 1. The van der Waals surface area contributed by atoms with E-state index in [0.29, 0.717) is 0 Å². The van der Waals surface area contributed by atoms with Crippen molar-refractivity contribution in [1.82, 2.24) is 16.0 Å². The molecule has 0 fully saturated rings. The lowest BCUT2D eigenvalue weighted by Crippen LogP contribution is -2.56. The van der Waals surface area contributed by atoms with Crippen LogP contribution in [-0.2, 0) is 30.4 Å². The number of nitrogens with one attached hydrogen (secondary N) is 3. The van der Waals surface area contributed by atoms with E-state index in [1.54, 1.807) is 26.0 Å². The van der Waals surface area contributed by atoms with Crippen molar-refractivity contribution in [3.63, 3.8) is 0 Å². The fourth-order valence-corrected chi connectivity index (χ4v) is 2.70. The van der Waals surface area contributed by atoms with Crippen molar-refractivity contribution < 1.29 is 34.2 Å². The van der Waals surface area contributed by atoms with Crippen LogP contribution in [0.3, 0.4) is 0 Å². The van der Waals surface area contributed by atoms with Crippen molar-refractivity contribution in [2.24, 2.45) is 17.4 Å². The second-order valence-corrected chi connectivity index (χ2v) is 7.55. The molecule has 0 aliphatic heterocycles. The summed E-state index contributed by atoms with van der Waals surface area (Å²) in [5.74, 6) is -4.78. The number of hydrogen-bond acceptors (Lipinski definition) is 7. The molecular weight excluding hydrogens is 422 g/mol. The maximum Gasteiger partial charge on any atom is 0.326 e. The number of benzene rings is 1. The number of aromatic hydroxyl groups is 1. The maximum atomic E-state index is 12.4. The van der Waals surface area contributed by atoms with E-state index >= 15 is 0 Å². The van der Waals surface area contributed by atoms with Gasteiger partial charge in [-0.2, -0.15) is 0 Å². The largest absolute Gasteiger partial charge is 0.508 e. The first-order valence-corrected chi connectivity index (χ1v) is 9.82. The van der Waals surface area contributed by atoms with Gasteiger partial charge in [0.25, 0.3) is 0 Å². The number of aliphatic carboxylic acids is 1. The molecule has 9 N–H and O–H groups in total. The van der Waals surface area contributed by atoms with Crippen LogP contribution in [0.25, 0.3) is 0 Å². The monoisotopic (exact) mass is 451 g/mol. The molecule has 3 atom stereocenters. The molecule has 1 aromatic rings. The Bertz CT molecular complexity index is 841. The van der Waals surface area contributed by atoms with Gasteiger partial charge < -0.3 is 37.6 Å². The van der Waals surface area contributed by atoms with E-state index in [2.05, 4.69) is 16.0 Å². The van der Waals surface area contributed by atoms with Gasteiger partial charge in [-0.25, -0.2) is 4.79 Å². The Morgan fingerprint density at radius 1 is 1.00 bits per heavy atom. The van der Waals surface area contributed by atoms with Gasteiger partial charge in [0.15, 0.2) is 0 Å². The van der Waals surface area contributed by atoms with Crippen molar-refractivity contribution in [1.29, 1.82) is 0 Å². The molecular formula is C20H29N5O7. The van der Waals surface area contributed by atoms with Gasteiger partial charge in [-0.1, -0.05) is 26.0 Å². The number of phenols is 1. The average Bonchev–Trinajstić information content (AvgIpc) is 2.70. The molecule has 0 radical (unpaired) electrons. The molecule has 12 nitrogen and oxygen atoms in total. The zero-order chi connectivity index (χ0) is 24.4. The lowest BCUT2D eigenvalue weighted by molar-refractivity contribution is -0.144. The van der Waals surface area contributed by atoms with Crippen LogP contribution in [0.1, 0.15) is 25.8 Å². The minimum Gasteiger partial charge on any atom is -0.508 e. The molecule has 176 valence electrons. The van der Waals surface area contributed by atoms with Crippen LogP contribution >= 0.6 is 0 Å². The van der Waals surface area contributed by atoms with Crippen molar-refractivity contribution in [3.8, 4) is 5.75 Å². The van der Waals surface area contributed by atoms with Gasteiger partial charge in [0.05, 0.1) is 19.0 Å². The summed E-state index contributed by atoms with van der Waals surface area (Å²) in [6.45, 7) is 2.79. The predicted octanol–water partition coefficient (Wildman–Crippen LogP) is -2.04. The molecule has 3 unspecified atom stereocenters. The molecule has 0 aliphatic rings. The van der Waals surface area contributed by atoms with Gasteiger partial charge in [-0.3, -0.25) is 19.2 Å². The Labute approximate surface area is 184 Å². The van der Waals surface area contributed by atoms with Crippen molar-refractivity contribution in [2.75, 3.05) is 6.54 Å². The Hall–Kier alpha value is -3.67. The van der Waals surface area contributed by atoms with Crippen LogP contribution in [-0.4, -0.2) is 64.5 Å². The first kappa shape index (κ1) is 26.4. The first-order chi connectivity index (χ1) is 14.9. The highest BCUT2D eigenvalue weighted by Gasteiger charge is 2.29. The van der Waals surface area contributed by atoms with Crippen LogP contribution in [0.2, 0.25) is 0 Å². The van der Waals surface area contributed by atoms with E-state index in [-0.39, 0.29) is 12.2 Å². The van der Waals surface area contributed by atoms with E-state index in [1.807, 2.05) is 0 Å². The Morgan fingerprint density at radius 3 is 2.09 bits per heavy atom. The van der Waals surface area contributed by atoms with Gasteiger partial charge in [-0.15, -0.1) is 0 Å². The van der Waals surface area contributed by atoms with Crippen LogP contribution in [0, 0.1) is 5.92 Å². The Morgan fingerprint density at radius 2 is 1.59 bits per heavy atom. The van der Waals surface area contributed by atoms with E-state index in [1.165, 1.54) is 12.1 Å². The molecule has 12 heteroatoms. The van der Waals surface area contributed by atoms with Gasteiger partial charge >= 0.3 is 5.97 Å². The molecule has 0 saturated carbocycles. The zero-order valence-corrected chi connectivity index (χ0v) is 17.8. The van der Waals surface area contributed by atoms with E-state index < -0.39 is 66.6 Å². The third kappa shape index (κ3) is 9.00. The molecule has 1 aromatic carbocycles. The maximum absolute atomic E-state index is 12.4. The highest BCUT2D eigenvalue weighted by atomic mass is 16.4. The summed E-state index contributed by atoms with van der Waals surface area (Å²) in [7, 11) is 0. The summed E-state index contributed by atoms with van der Waals surface area (Å²) < 4.78 is 0. The number of carboxylic acid groups (broad SMARTS) is 1.